The molecule has 13 heteroatoms. The van der Waals surface area contributed by atoms with Crippen molar-refractivity contribution in [3.05, 3.63) is 12.2 Å². The van der Waals surface area contributed by atoms with E-state index in [0.717, 1.165) is 0 Å². The molecule has 3 heterocycles. The lowest BCUT2D eigenvalue weighted by Crippen LogP contribution is -2.27. The van der Waals surface area contributed by atoms with Crippen LogP contribution in [0.3, 0.4) is 0 Å². The number of hydrogen-bond donors (Lipinski definition) is 4. The van der Waals surface area contributed by atoms with E-state index in [1.807, 2.05) is 6.07 Å². The standard InChI is InChI=1S/C13H15N6O6P/c14-3-7-17-10(15)9-11(18-7)19(5-16-9)8-2-1-6(25-8)4-24-13(12(20)21)26(22)23/h5-6,8,13,22-23H,1-2,4H2,(H,20,21)(H2,15,17,18). The normalized spacial score (nSPS) is 21.2. The van der Waals surface area contributed by atoms with E-state index in [4.69, 9.17) is 35.4 Å². The number of ether oxygens (including phenoxy) is 2. The highest BCUT2D eigenvalue weighted by molar-refractivity contribution is 7.46. The Hall–Kier alpha value is -2.42. The van der Waals surface area contributed by atoms with Crippen LogP contribution in [-0.2, 0) is 14.3 Å². The number of imidazole rings is 1. The molecule has 5 N–H and O–H groups in total. The number of hydrogen-bond acceptors (Lipinski definition) is 10. The fourth-order valence-corrected chi connectivity index (χ4v) is 3.07. The first-order valence-electron chi connectivity index (χ1n) is 7.47. The Balaban J connectivity index is 1.71. The molecule has 1 fully saturated rings. The van der Waals surface area contributed by atoms with Crippen molar-refractivity contribution in [2.45, 2.75) is 31.0 Å². The minimum absolute atomic E-state index is 0.0850. The van der Waals surface area contributed by atoms with Crippen molar-refractivity contribution in [2.24, 2.45) is 0 Å². The van der Waals surface area contributed by atoms with Gasteiger partial charge in [0.2, 0.25) is 20.0 Å². The maximum atomic E-state index is 10.9. The lowest BCUT2D eigenvalue weighted by atomic mass is 10.2. The van der Waals surface area contributed by atoms with E-state index in [1.54, 1.807) is 4.57 Å². The van der Waals surface area contributed by atoms with E-state index < -0.39 is 32.5 Å². The summed E-state index contributed by atoms with van der Waals surface area (Å²) >= 11 is 0. The molecule has 2 aromatic rings. The lowest BCUT2D eigenvalue weighted by molar-refractivity contribution is -0.147. The predicted octanol–water partition coefficient (Wildman–Crippen LogP) is -0.318. The number of fused-ring (bicyclic) bond motifs is 1. The van der Waals surface area contributed by atoms with E-state index in [1.165, 1.54) is 6.33 Å². The second-order valence-electron chi connectivity index (χ2n) is 5.50. The Labute approximate surface area is 147 Å². The molecule has 3 atom stereocenters. The third kappa shape index (κ3) is 3.57. The Morgan fingerprint density at radius 3 is 2.96 bits per heavy atom. The van der Waals surface area contributed by atoms with E-state index in [9.17, 15) is 4.79 Å². The molecule has 26 heavy (non-hydrogen) atoms. The molecule has 3 unspecified atom stereocenters. The summed E-state index contributed by atoms with van der Waals surface area (Å²) in [6, 6.07) is 1.82. The second-order valence-corrected chi connectivity index (χ2v) is 6.61. The molecule has 1 saturated heterocycles. The molecule has 3 rings (SSSR count). The van der Waals surface area contributed by atoms with Crippen LogP contribution >= 0.6 is 8.38 Å². The van der Waals surface area contributed by atoms with Gasteiger partial charge in [-0.25, -0.2) is 9.78 Å². The number of rotatable bonds is 6. The Morgan fingerprint density at radius 1 is 1.54 bits per heavy atom. The number of aliphatic carboxylic acids is 1. The first-order chi connectivity index (χ1) is 12.4. The molecule has 0 radical (unpaired) electrons. The average Bonchev–Trinajstić information content (AvgIpc) is 3.20. The molecule has 0 aliphatic carbocycles. The summed E-state index contributed by atoms with van der Waals surface area (Å²) in [5.74, 6) is -3.13. The van der Waals surface area contributed by atoms with Crippen LogP contribution in [0.15, 0.2) is 6.33 Å². The van der Waals surface area contributed by atoms with Crippen molar-refractivity contribution in [1.29, 1.82) is 5.26 Å². The van der Waals surface area contributed by atoms with Gasteiger partial charge in [0, 0.05) is 0 Å². The fourth-order valence-electron chi connectivity index (χ4n) is 2.65. The lowest BCUT2D eigenvalue weighted by Gasteiger charge is -2.18. The third-order valence-electron chi connectivity index (χ3n) is 3.80. The molecule has 0 aromatic carbocycles. The summed E-state index contributed by atoms with van der Waals surface area (Å²) in [7, 11) is -2.76. The van der Waals surface area contributed by atoms with E-state index in [0.29, 0.717) is 24.0 Å². The van der Waals surface area contributed by atoms with Crippen molar-refractivity contribution in [1.82, 2.24) is 19.5 Å². The van der Waals surface area contributed by atoms with Gasteiger partial charge in [0.15, 0.2) is 11.5 Å². The Bertz CT molecular complexity index is 867. The molecule has 2 aromatic heterocycles. The van der Waals surface area contributed by atoms with Crippen LogP contribution in [0.2, 0.25) is 0 Å². The number of anilines is 1. The molecule has 1 aliphatic rings. The molecule has 12 nitrogen and oxygen atoms in total. The van der Waals surface area contributed by atoms with E-state index in [-0.39, 0.29) is 18.2 Å². The number of carboxylic acid groups (broad SMARTS) is 1. The van der Waals surface area contributed by atoms with Crippen molar-refractivity contribution < 1.29 is 29.2 Å². The molecule has 1 aliphatic heterocycles. The number of nitrogens with two attached hydrogens (primary N) is 1. The topological polar surface area (TPSA) is 190 Å². The summed E-state index contributed by atoms with van der Waals surface area (Å²) in [6.07, 6.45) is 1.70. The SMILES string of the molecule is N#Cc1nc(N)c2ncn(C3CCC(COC(C(=O)O)P(O)O)O3)c2n1. The van der Waals surface area contributed by atoms with Gasteiger partial charge in [-0.15, -0.1) is 0 Å². The Morgan fingerprint density at radius 2 is 2.31 bits per heavy atom. The number of aromatic nitrogens is 4. The molecule has 138 valence electrons. The fraction of sp³-hybridized carbons (Fsp3) is 0.462. The largest absolute Gasteiger partial charge is 0.479 e. The predicted molar refractivity (Wildman–Crippen MR) is 86.3 cm³/mol. The molecule has 0 amide bonds. The third-order valence-corrected chi connectivity index (χ3v) is 4.59. The van der Waals surface area contributed by atoms with Crippen LogP contribution < -0.4 is 5.73 Å². The zero-order chi connectivity index (χ0) is 18.8. The summed E-state index contributed by atoms with van der Waals surface area (Å²) in [5, 5.41) is 17.9. The van der Waals surface area contributed by atoms with Gasteiger partial charge in [-0.05, 0) is 12.8 Å². The summed E-state index contributed by atoms with van der Waals surface area (Å²) in [6.45, 7) is -0.110. The highest BCUT2D eigenvalue weighted by Gasteiger charge is 2.32. The maximum absolute atomic E-state index is 10.9. The zero-order valence-electron chi connectivity index (χ0n) is 13.3. The summed E-state index contributed by atoms with van der Waals surface area (Å²) in [5.41, 5.74) is 6.48. The zero-order valence-corrected chi connectivity index (χ0v) is 14.2. The van der Waals surface area contributed by atoms with Crippen LogP contribution in [0.4, 0.5) is 5.82 Å². The second kappa shape index (κ2) is 7.45. The quantitative estimate of drug-likeness (QED) is 0.479. The summed E-state index contributed by atoms with van der Waals surface area (Å²) < 4.78 is 12.5. The highest BCUT2D eigenvalue weighted by Crippen LogP contribution is 2.35. The number of carbonyl (C=O) groups is 1. The highest BCUT2D eigenvalue weighted by atomic mass is 31.2. The number of nitriles is 1. The smallest absolute Gasteiger partial charge is 0.342 e. The molecular formula is C13H15N6O6P. The van der Waals surface area contributed by atoms with Crippen LogP contribution in [0.25, 0.3) is 11.2 Å². The van der Waals surface area contributed by atoms with Gasteiger partial charge in [-0.1, -0.05) is 0 Å². The molecular weight excluding hydrogens is 367 g/mol. The van der Waals surface area contributed by atoms with Gasteiger partial charge in [0.05, 0.1) is 19.0 Å². The van der Waals surface area contributed by atoms with Crippen molar-refractivity contribution in [3.8, 4) is 6.07 Å². The van der Waals surface area contributed by atoms with Crippen LogP contribution in [-0.4, -0.2) is 58.9 Å². The van der Waals surface area contributed by atoms with Gasteiger partial charge >= 0.3 is 5.97 Å². The van der Waals surface area contributed by atoms with E-state index >= 15 is 0 Å². The average molecular weight is 382 g/mol. The van der Waals surface area contributed by atoms with Crippen LogP contribution in [0, 0.1) is 11.3 Å². The molecule has 0 saturated carbocycles. The monoisotopic (exact) mass is 382 g/mol. The minimum atomic E-state index is -2.76. The van der Waals surface area contributed by atoms with Gasteiger partial charge in [0.25, 0.3) is 0 Å². The number of nitrogen functional groups attached to an aromatic ring is 1. The van der Waals surface area contributed by atoms with Crippen molar-refractivity contribution in [2.75, 3.05) is 12.3 Å². The molecule has 0 spiro atoms. The van der Waals surface area contributed by atoms with Gasteiger partial charge in [-0.3, -0.25) is 4.57 Å². The Kier molecular flexibility index (Phi) is 5.26. The first kappa shape index (κ1) is 18.4. The minimum Gasteiger partial charge on any atom is -0.479 e. The van der Waals surface area contributed by atoms with Crippen LogP contribution in [0.5, 0.6) is 0 Å². The first-order valence-corrected chi connectivity index (χ1v) is 8.79. The van der Waals surface area contributed by atoms with Gasteiger partial charge in [0.1, 0.15) is 17.8 Å². The van der Waals surface area contributed by atoms with E-state index in [2.05, 4.69) is 15.0 Å². The van der Waals surface area contributed by atoms with Crippen molar-refractivity contribution >= 4 is 31.3 Å². The van der Waals surface area contributed by atoms with Crippen LogP contribution in [0.1, 0.15) is 24.9 Å². The molecule has 0 bridgehead atoms. The number of nitrogens with zero attached hydrogens (tertiary/aromatic N) is 5. The van der Waals surface area contributed by atoms with Gasteiger partial charge < -0.3 is 30.1 Å². The summed E-state index contributed by atoms with van der Waals surface area (Å²) in [4.78, 5) is 41.1. The maximum Gasteiger partial charge on any atom is 0.342 e. The van der Waals surface area contributed by atoms with Gasteiger partial charge in [-0.2, -0.15) is 15.2 Å². The van der Waals surface area contributed by atoms with Crippen molar-refractivity contribution in [3.63, 3.8) is 0 Å². The number of carboxylic acids is 1.